The molecule has 0 atom stereocenters. The number of hydrogen-bond donors (Lipinski definition) is 1. The van der Waals surface area contributed by atoms with Crippen LogP contribution in [0.15, 0.2) is 36.4 Å². The van der Waals surface area contributed by atoms with Gasteiger partial charge in [0.1, 0.15) is 16.2 Å². The molecule has 3 rings (SSSR count). The number of benzene rings is 1. The van der Waals surface area contributed by atoms with E-state index in [-0.39, 0.29) is 11.9 Å². The second-order valence-electron chi connectivity index (χ2n) is 8.09. The number of piperidine rings is 1. The zero-order valence-corrected chi connectivity index (χ0v) is 18.2. The number of carbonyl (C=O) groups excluding carboxylic acids is 2. The first-order valence-corrected chi connectivity index (χ1v) is 10.6. The summed E-state index contributed by atoms with van der Waals surface area (Å²) in [6.07, 6.45) is 0.990. The van der Waals surface area contributed by atoms with Gasteiger partial charge in [-0.1, -0.05) is 30.3 Å². The summed E-state index contributed by atoms with van der Waals surface area (Å²) < 4.78 is 10.8. The average molecular weight is 417 g/mol. The fraction of sp³-hybridized carbons (Fsp3) is 0.455. The molecule has 2 aromatic rings. The van der Waals surface area contributed by atoms with Crippen molar-refractivity contribution < 1.29 is 19.1 Å². The summed E-state index contributed by atoms with van der Waals surface area (Å²) in [6, 6.07) is 11.9. The first kappa shape index (κ1) is 21.2. The van der Waals surface area contributed by atoms with E-state index >= 15 is 0 Å². The lowest BCUT2D eigenvalue weighted by molar-refractivity contribution is 0.0474. The van der Waals surface area contributed by atoms with Crippen molar-refractivity contribution >= 4 is 23.3 Å². The highest BCUT2D eigenvalue weighted by Crippen LogP contribution is 2.37. The largest absolute Gasteiger partial charge is 0.495 e. The maximum atomic E-state index is 13.1. The van der Waals surface area contributed by atoms with Gasteiger partial charge in [0.05, 0.1) is 7.11 Å². The van der Waals surface area contributed by atoms with Gasteiger partial charge in [-0.25, -0.2) is 4.79 Å². The molecule has 1 aliphatic rings. The van der Waals surface area contributed by atoms with Crippen LogP contribution in [0.4, 0.5) is 4.79 Å². The van der Waals surface area contributed by atoms with Gasteiger partial charge in [-0.15, -0.1) is 11.3 Å². The molecule has 7 heteroatoms. The summed E-state index contributed by atoms with van der Waals surface area (Å²) in [6.45, 7) is 6.69. The maximum absolute atomic E-state index is 13.1. The van der Waals surface area contributed by atoms with E-state index in [9.17, 15) is 9.59 Å². The van der Waals surface area contributed by atoms with Crippen molar-refractivity contribution in [3.8, 4) is 16.2 Å². The van der Waals surface area contributed by atoms with E-state index in [0.29, 0.717) is 36.6 Å². The third-order valence-corrected chi connectivity index (χ3v) is 5.83. The van der Waals surface area contributed by atoms with Crippen molar-refractivity contribution in [1.29, 1.82) is 0 Å². The van der Waals surface area contributed by atoms with Gasteiger partial charge >= 0.3 is 6.09 Å². The zero-order chi connectivity index (χ0) is 21.0. The molecule has 0 unspecified atom stereocenters. The lowest BCUT2D eigenvalue weighted by atomic mass is 10.1. The third-order valence-electron chi connectivity index (χ3n) is 4.67. The highest BCUT2D eigenvalue weighted by molar-refractivity contribution is 7.17. The Balaban J connectivity index is 1.62. The number of nitrogens with one attached hydrogen (secondary N) is 1. The van der Waals surface area contributed by atoms with Gasteiger partial charge in [0, 0.05) is 24.0 Å². The van der Waals surface area contributed by atoms with E-state index in [2.05, 4.69) is 5.32 Å². The Morgan fingerprint density at radius 3 is 2.38 bits per heavy atom. The zero-order valence-electron chi connectivity index (χ0n) is 17.4. The Hall–Kier alpha value is -2.54. The van der Waals surface area contributed by atoms with E-state index < -0.39 is 11.7 Å². The SMILES string of the molecule is COc1cc(-c2ccccc2)sc1C(=O)N1CCC(NC(=O)OC(C)(C)C)CC1. The van der Waals surface area contributed by atoms with E-state index in [1.54, 1.807) is 7.11 Å². The van der Waals surface area contributed by atoms with Gasteiger partial charge in [0.25, 0.3) is 5.91 Å². The van der Waals surface area contributed by atoms with E-state index in [4.69, 9.17) is 9.47 Å². The molecule has 156 valence electrons. The minimum absolute atomic E-state index is 0.0130. The molecule has 1 aliphatic heterocycles. The number of rotatable bonds is 4. The number of ether oxygens (including phenoxy) is 2. The molecule has 1 aromatic carbocycles. The smallest absolute Gasteiger partial charge is 0.407 e. The number of likely N-dealkylation sites (tertiary alicyclic amines) is 1. The molecule has 2 heterocycles. The molecule has 6 nitrogen and oxygen atoms in total. The fourth-order valence-electron chi connectivity index (χ4n) is 3.26. The third kappa shape index (κ3) is 5.50. The summed E-state index contributed by atoms with van der Waals surface area (Å²) in [5.41, 5.74) is 0.544. The Kier molecular flexibility index (Phi) is 6.47. The summed E-state index contributed by atoms with van der Waals surface area (Å²) in [7, 11) is 1.59. The first-order chi connectivity index (χ1) is 13.8. The molecule has 1 N–H and O–H groups in total. The Bertz CT molecular complexity index is 849. The monoisotopic (exact) mass is 416 g/mol. The van der Waals surface area contributed by atoms with Crippen LogP contribution in [0.25, 0.3) is 10.4 Å². The molecular weight excluding hydrogens is 388 g/mol. The minimum atomic E-state index is -0.521. The molecule has 2 amide bonds. The average Bonchev–Trinajstić information content (AvgIpc) is 3.11. The van der Waals surface area contributed by atoms with Crippen LogP contribution < -0.4 is 10.1 Å². The van der Waals surface area contributed by atoms with Gasteiger partial charge < -0.3 is 19.7 Å². The maximum Gasteiger partial charge on any atom is 0.407 e. The van der Waals surface area contributed by atoms with Crippen LogP contribution in [-0.2, 0) is 4.74 Å². The van der Waals surface area contributed by atoms with Crippen LogP contribution in [0.3, 0.4) is 0 Å². The molecule has 1 saturated heterocycles. The molecule has 1 aromatic heterocycles. The first-order valence-electron chi connectivity index (χ1n) is 9.79. The predicted octanol–water partition coefficient (Wildman–Crippen LogP) is 4.55. The lowest BCUT2D eigenvalue weighted by Gasteiger charge is -2.32. The van der Waals surface area contributed by atoms with Crippen molar-refractivity contribution in [3.05, 3.63) is 41.3 Å². The number of thiophene rings is 1. The number of alkyl carbamates (subject to hydrolysis) is 1. The number of nitrogens with zero attached hydrogens (tertiary/aromatic N) is 1. The Labute approximate surface area is 175 Å². The summed E-state index contributed by atoms with van der Waals surface area (Å²) in [5, 5.41) is 2.90. The van der Waals surface area contributed by atoms with Gasteiger partial charge in [-0.3, -0.25) is 4.79 Å². The van der Waals surface area contributed by atoms with Gasteiger partial charge in [-0.05, 0) is 45.2 Å². The molecule has 0 spiro atoms. The van der Waals surface area contributed by atoms with E-state index in [0.717, 1.165) is 10.4 Å². The number of hydrogen-bond acceptors (Lipinski definition) is 5. The fourth-order valence-corrected chi connectivity index (χ4v) is 4.36. The topological polar surface area (TPSA) is 67.9 Å². The molecular formula is C22H28N2O4S. The van der Waals surface area contributed by atoms with Crippen molar-refractivity contribution in [3.63, 3.8) is 0 Å². The molecule has 1 fully saturated rings. The number of amides is 2. The number of methoxy groups -OCH3 is 1. The van der Waals surface area contributed by atoms with Crippen LogP contribution in [0.5, 0.6) is 5.75 Å². The number of carbonyl (C=O) groups is 2. The minimum Gasteiger partial charge on any atom is -0.495 e. The van der Waals surface area contributed by atoms with Crippen molar-refractivity contribution in [1.82, 2.24) is 10.2 Å². The van der Waals surface area contributed by atoms with E-state index in [1.807, 2.05) is 62.1 Å². The molecule has 0 saturated carbocycles. The van der Waals surface area contributed by atoms with Crippen LogP contribution in [0.2, 0.25) is 0 Å². The van der Waals surface area contributed by atoms with E-state index in [1.165, 1.54) is 11.3 Å². The predicted molar refractivity (Wildman–Crippen MR) is 115 cm³/mol. The van der Waals surface area contributed by atoms with Crippen LogP contribution in [0, 0.1) is 0 Å². The summed E-state index contributed by atoms with van der Waals surface area (Å²) in [5.74, 6) is 0.581. The lowest BCUT2D eigenvalue weighted by Crippen LogP contribution is -2.47. The Morgan fingerprint density at radius 2 is 1.79 bits per heavy atom. The Morgan fingerprint density at radius 1 is 1.14 bits per heavy atom. The van der Waals surface area contributed by atoms with Crippen molar-refractivity contribution in [2.24, 2.45) is 0 Å². The van der Waals surface area contributed by atoms with Crippen molar-refractivity contribution in [2.45, 2.75) is 45.3 Å². The molecule has 0 bridgehead atoms. The molecule has 29 heavy (non-hydrogen) atoms. The quantitative estimate of drug-likeness (QED) is 0.794. The van der Waals surface area contributed by atoms with Crippen LogP contribution >= 0.6 is 11.3 Å². The van der Waals surface area contributed by atoms with Gasteiger partial charge in [-0.2, -0.15) is 0 Å². The van der Waals surface area contributed by atoms with Gasteiger partial charge in [0.15, 0.2) is 0 Å². The van der Waals surface area contributed by atoms with Gasteiger partial charge in [0.2, 0.25) is 0 Å². The second kappa shape index (κ2) is 8.86. The van der Waals surface area contributed by atoms with Crippen LogP contribution in [-0.4, -0.2) is 48.7 Å². The molecule has 0 radical (unpaired) electrons. The summed E-state index contributed by atoms with van der Waals surface area (Å²) >= 11 is 1.45. The standard InChI is InChI=1S/C22H28N2O4S/c1-22(2,3)28-21(26)23-16-10-12-24(13-11-16)20(25)19-17(27-4)14-18(29-19)15-8-6-5-7-9-15/h5-9,14,16H,10-13H2,1-4H3,(H,23,26). The normalized spacial score (nSPS) is 15.1. The highest BCUT2D eigenvalue weighted by Gasteiger charge is 2.29. The second-order valence-corrected chi connectivity index (χ2v) is 9.14. The highest BCUT2D eigenvalue weighted by atomic mass is 32.1. The van der Waals surface area contributed by atoms with Crippen molar-refractivity contribution in [2.75, 3.05) is 20.2 Å². The van der Waals surface area contributed by atoms with Crippen LogP contribution in [0.1, 0.15) is 43.3 Å². The summed E-state index contributed by atoms with van der Waals surface area (Å²) in [4.78, 5) is 28.5. The molecule has 0 aliphatic carbocycles.